The molecule has 1 aromatic carbocycles. The van der Waals surface area contributed by atoms with Crippen molar-refractivity contribution >= 4 is 5.96 Å². The van der Waals surface area contributed by atoms with Crippen molar-refractivity contribution in [3.63, 3.8) is 0 Å². The van der Waals surface area contributed by atoms with Gasteiger partial charge >= 0.3 is 0 Å². The average Bonchev–Trinajstić information content (AvgIpc) is 3.06. The number of hydrogen-bond donors (Lipinski definition) is 1. The Balaban J connectivity index is 1.95. The van der Waals surface area contributed by atoms with Gasteiger partial charge in [0.1, 0.15) is 0 Å². The van der Waals surface area contributed by atoms with Crippen LogP contribution in [0.3, 0.4) is 0 Å². The van der Waals surface area contributed by atoms with Crippen LogP contribution in [0.1, 0.15) is 25.8 Å². The Hall–Kier alpha value is -1.51. The van der Waals surface area contributed by atoms with Gasteiger partial charge < -0.3 is 10.2 Å². The molecule has 2 atom stereocenters. The van der Waals surface area contributed by atoms with Crippen molar-refractivity contribution in [2.45, 2.75) is 32.9 Å². The maximum Gasteiger partial charge on any atom is 0.194 e. The van der Waals surface area contributed by atoms with Gasteiger partial charge in [-0.25, -0.2) is 0 Å². The standard InChI is InChI=1S/C15H23N3/c1-4-16-15(17-14-10-12(14)2)18(3)11-13-8-6-5-7-9-13/h5-9,12,14H,4,10-11H2,1-3H3,(H,16,17). The fourth-order valence-electron chi connectivity index (χ4n) is 2.05. The number of nitrogens with one attached hydrogen (secondary N) is 1. The van der Waals surface area contributed by atoms with Crippen LogP contribution in [0.2, 0.25) is 0 Å². The largest absolute Gasteiger partial charge is 0.353 e. The minimum absolute atomic E-state index is 0.619. The van der Waals surface area contributed by atoms with Crippen LogP contribution in [0.4, 0.5) is 0 Å². The molecular formula is C15H23N3. The number of benzene rings is 1. The molecule has 3 nitrogen and oxygen atoms in total. The summed E-state index contributed by atoms with van der Waals surface area (Å²) in [6, 6.07) is 11.1. The van der Waals surface area contributed by atoms with Gasteiger partial charge in [-0.3, -0.25) is 4.99 Å². The summed E-state index contributed by atoms with van der Waals surface area (Å²) in [5.41, 5.74) is 1.31. The summed E-state index contributed by atoms with van der Waals surface area (Å²) in [6.07, 6.45) is 1.27. The highest BCUT2D eigenvalue weighted by Crippen LogP contribution is 2.29. The van der Waals surface area contributed by atoms with E-state index in [1.807, 2.05) is 0 Å². The zero-order chi connectivity index (χ0) is 13.0. The van der Waals surface area contributed by atoms with Crippen LogP contribution < -0.4 is 5.32 Å². The third-order valence-electron chi connectivity index (χ3n) is 3.36. The second kappa shape index (κ2) is 5.89. The third kappa shape index (κ3) is 3.49. The second-order valence-corrected chi connectivity index (χ2v) is 5.10. The van der Waals surface area contributed by atoms with Crippen molar-refractivity contribution in [1.82, 2.24) is 10.2 Å². The van der Waals surface area contributed by atoms with Crippen LogP contribution in [-0.4, -0.2) is 30.5 Å². The van der Waals surface area contributed by atoms with Crippen LogP contribution >= 0.6 is 0 Å². The number of guanidine groups is 1. The van der Waals surface area contributed by atoms with Gasteiger partial charge in [0.25, 0.3) is 0 Å². The molecule has 0 aromatic heterocycles. The molecule has 0 aliphatic heterocycles. The molecule has 0 heterocycles. The van der Waals surface area contributed by atoms with E-state index < -0.39 is 0 Å². The first-order chi connectivity index (χ1) is 8.70. The van der Waals surface area contributed by atoms with E-state index >= 15 is 0 Å². The molecule has 0 bridgehead atoms. The summed E-state index contributed by atoms with van der Waals surface area (Å²) in [5.74, 6) is 1.81. The van der Waals surface area contributed by atoms with E-state index in [4.69, 9.17) is 0 Å². The SMILES string of the molecule is CCN=C(NC1CC1C)N(C)Cc1ccccc1. The summed E-state index contributed by atoms with van der Waals surface area (Å²) in [5, 5.41) is 3.54. The Morgan fingerprint density at radius 1 is 1.39 bits per heavy atom. The van der Waals surface area contributed by atoms with Gasteiger partial charge in [-0.15, -0.1) is 0 Å². The Morgan fingerprint density at radius 2 is 2.06 bits per heavy atom. The van der Waals surface area contributed by atoms with Crippen LogP contribution in [0.25, 0.3) is 0 Å². The second-order valence-electron chi connectivity index (χ2n) is 5.10. The topological polar surface area (TPSA) is 27.6 Å². The van der Waals surface area contributed by atoms with Crippen molar-refractivity contribution in [3.8, 4) is 0 Å². The molecule has 1 N–H and O–H groups in total. The smallest absolute Gasteiger partial charge is 0.194 e. The molecule has 18 heavy (non-hydrogen) atoms. The lowest BCUT2D eigenvalue weighted by atomic mass is 10.2. The van der Waals surface area contributed by atoms with E-state index in [0.29, 0.717) is 6.04 Å². The summed E-state index contributed by atoms with van der Waals surface area (Å²) in [7, 11) is 2.10. The number of nitrogens with zero attached hydrogens (tertiary/aromatic N) is 2. The van der Waals surface area contributed by atoms with Gasteiger partial charge in [0.2, 0.25) is 0 Å². The van der Waals surface area contributed by atoms with E-state index in [1.165, 1.54) is 12.0 Å². The highest BCUT2D eigenvalue weighted by Gasteiger charge is 2.33. The van der Waals surface area contributed by atoms with Crippen LogP contribution in [0.5, 0.6) is 0 Å². The first kappa shape index (κ1) is 12.9. The van der Waals surface area contributed by atoms with Crippen LogP contribution in [-0.2, 0) is 6.54 Å². The van der Waals surface area contributed by atoms with Crippen molar-refractivity contribution in [1.29, 1.82) is 0 Å². The number of aliphatic imine (C=N–C) groups is 1. The van der Waals surface area contributed by atoms with Crippen molar-refractivity contribution in [2.24, 2.45) is 10.9 Å². The summed E-state index contributed by atoms with van der Waals surface area (Å²) >= 11 is 0. The van der Waals surface area contributed by atoms with Crippen LogP contribution in [0, 0.1) is 5.92 Å². The molecule has 0 spiro atoms. The monoisotopic (exact) mass is 245 g/mol. The first-order valence-corrected chi connectivity index (χ1v) is 6.76. The van der Waals surface area contributed by atoms with Gasteiger partial charge in [0, 0.05) is 26.2 Å². The molecular weight excluding hydrogens is 222 g/mol. The van der Waals surface area contributed by atoms with Crippen molar-refractivity contribution < 1.29 is 0 Å². The van der Waals surface area contributed by atoms with Crippen LogP contribution in [0.15, 0.2) is 35.3 Å². The van der Waals surface area contributed by atoms with Crippen molar-refractivity contribution in [2.75, 3.05) is 13.6 Å². The van der Waals surface area contributed by atoms with E-state index in [1.54, 1.807) is 0 Å². The predicted molar refractivity (Wildman–Crippen MR) is 76.6 cm³/mol. The molecule has 2 unspecified atom stereocenters. The molecule has 1 fully saturated rings. The van der Waals surface area contributed by atoms with E-state index in [2.05, 4.69) is 66.4 Å². The molecule has 2 rings (SSSR count). The molecule has 1 aromatic rings. The zero-order valence-electron chi connectivity index (χ0n) is 11.6. The predicted octanol–water partition coefficient (Wildman–Crippen LogP) is 2.49. The van der Waals surface area contributed by atoms with Gasteiger partial charge in [0.05, 0.1) is 0 Å². The molecule has 1 aliphatic rings. The summed E-state index contributed by atoms with van der Waals surface area (Å²) in [6.45, 7) is 6.07. The molecule has 1 saturated carbocycles. The normalized spacial score (nSPS) is 22.7. The number of rotatable bonds is 4. The Morgan fingerprint density at radius 3 is 2.61 bits per heavy atom. The minimum atomic E-state index is 0.619. The van der Waals surface area contributed by atoms with E-state index in [9.17, 15) is 0 Å². The molecule has 0 radical (unpaired) electrons. The fourth-order valence-corrected chi connectivity index (χ4v) is 2.05. The van der Waals surface area contributed by atoms with Gasteiger partial charge in [-0.1, -0.05) is 37.3 Å². The molecule has 0 amide bonds. The highest BCUT2D eigenvalue weighted by molar-refractivity contribution is 5.80. The third-order valence-corrected chi connectivity index (χ3v) is 3.36. The van der Waals surface area contributed by atoms with E-state index in [-0.39, 0.29) is 0 Å². The maximum absolute atomic E-state index is 4.57. The quantitative estimate of drug-likeness (QED) is 0.652. The lowest BCUT2D eigenvalue weighted by Gasteiger charge is -2.22. The van der Waals surface area contributed by atoms with Crippen molar-refractivity contribution in [3.05, 3.63) is 35.9 Å². The Labute approximate surface area is 110 Å². The first-order valence-electron chi connectivity index (χ1n) is 6.76. The average molecular weight is 245 g/mol. The lowest BCUT2D eigenvalue weighted by molar-refractivity contribution is 0.473. The number of hydrogen-bond acceptors (Lipinski definition) is 1. The molecule has 1 aliphatic carbocycles. The molecule has 98 valence electrons. The summed E-state index contributed by atoms with van der Waals surface area (Å²) < 4.78 is 0. The zero-order valence-corrected chi connectivity index (χ0v) is 11.6. The maximum atomic E-state index is 4.57. The van der Waals surface area contributed by atoms with Gasteiger partial charge in [-0.2, -0.15) is 0 Å². The lowest BCUT2D eigenvalue weighted by Crippen LogP contribution is -2.40. The van der Waals surface area contributed by atoms with Gasteiger partial charge in [0.15, 0.2) is 5.96 Å². The van der Waals surface area contributed by atoms with E-state index in [0.717, 1.165) is 25.0 Å². The Bertz CT molecular complexity index is 399. The summed E-state index contributed by atoms with van der Waals surface area (Å²) in [4.78, 5) is 6.76. The van der Waals surface area contributed by atoms with Gasteiger partial charge in [-0.05, 0) is 24.8 Å². The Kier molecular flexibility index (Phi) is 4.24. The fraction of sp³-hybridized carbons (Fsp3) is 0.533. The highest BCUT2D eigenvalue weighted by atomic mass is 15.3. The minimum Gasteiger partial charge on any atom is -0.353 e. The molecule has 0 saturated heterocycles. The molecule has 3 heteroatoms.